The maximum absolute atomic E-state index is 9.67. The van der Waals surface area contributed by atoms with Crippen LogP contribution in [-0.4, -0.2) is 19.9 Å². The first-order chi connectivity index (χ1) is 29.7. The molecule has 0 amide bonds. The molecule has 2 aromatic heterocycles. The molecule has 0 N–H and O–H groups in total. The van der Waals surface area contributed by atoms with Crippen molar-refractivity contribution >= 4 is 43.2 Å². The third-order valence-corrected chi connectivity index (χ3v) is 11.3. The van der Waals surface area contributed by atoms with Gasteiger partial charge in [-0.3, -0.25) is 4.98 Å². The van der Waals surface area contributed by atoms with E-state index in [9.17, 15) is 5.26 Å². The number of nitrogens with zero attached hydrogens (tertiary/aromatic N) is 5. The van der Waals surface area contributed by atoms with Crippen LogP contribution < -0.4 is 0 Å². The van der Waals surface area contributed by atoms with Gasteiger partial charge in [0.1, 0.15) is 0 Å². The zero-order valence-electron chi connectivity index (χ0n) is 32.3. The Labute approximate surface area is 346 Å². The molecular weight excluding hydrogens is 731 g/mol. The van der Waals surface area contributed by atoms with E-state index >= 15 is 0 Å². The van der Waals surface area contributed by atoms with E-state index in [0.29, 0.717) is 23.0 Å². The topological polar surface area (TPSA) is 75.3 Å². The predicted octanol–water partition coefficient (Wildman–Crippen LogP) is 13.8. The summed E-state index contributed by atoms with van der Waals surface area (Å²) in [6.07, 6.45) is 1.87. The van der Waals surface area contributed by atoms with Gasteiger partial charge < -0.3 is 0 Å². The van der Waals surface area contributed by atoms with Crippen molar-refractivity contribution in [1.29, 1.82) is 5.26 Å². The van der Waals surface area contributed by atoms with Crippen molar-refractivity contribution in [2.24, 2.45) is 0 Å². The van der Waals surface area contributed by atoms with Crippen LogP contribution in [0, 0.1) is 11.3 Å². The molecule has 2 heterocycles. The van der Waals surface area contributed by atoms with Gasteiger partial charge in [-0.2, -0.15) is 5.26 Å². The average molecular weight is 764 g/mol. The maximum atomic E-state index is 9.67. The lowest BCUT2D eigenvalue weighted by atomic mass is 9.88. The van der Waals surface area contributed by atoms with Crippen molar-refractivity contribution in [3.8, 4) is 73.6 Å². The largest absolute Gasteiger partial charge is 0.256 e. The van der Waals surface area contributed by atoms with Crippen LogP contribution in [0.15, 0.2) is 200 Å². The van der Waals surface area contributed by atoms with E-state index in [1.807, 2.05) is 91.1 Å². The molecule has 0 unspecified atom stereocenters. The lowest BCUT2D eigenvalue weighted by molar-refractivity contribution is 1.07. The summed E-state index contributed by atoms with van der Waals surface area (Å²) in [5.41, 5.74) is 10.9. The Morgan fingerprint density at radius 3 is 1.58 bits per heavy atom. The summed E-state index contributed by atoms with van der Waals surface area (Å²) in [6.45, 7) is 0. The zero-order valence-corrected chi connectivity index (χ0v) is 32.3. The molecule has 11 rings (SSSR count). The molecule has 5 heteroatoms. The third-order valence-electron chi connectivity index (χ3n) is 11.3. The van der Waals surface area contributed by atoms with E-state index in [4.69, 9.17) is 19.9 Å². The van der Waals surface area contributed by atoms with E-state index in [-0.39, 0.29) is 0 Å². The summed E-state index contributed by atoms with van der Waals surface area (Å²) in [5.74, 6) is 1.91. The molecular formula is C55H33N5. The van der Waals surface area contributed by atoms with Crippen LogP contribution in [0.2, 0.25) is 0 Å². The molecule has 0 saturated heterocycles. The van der Waals surface area contributed by atoms with E-state index in [1.54, 1.807) is 0 Å². The highest BCUT2D eigenvalue weighted by atomic mass is 15.0. The lowest BCUT2D eigenvalue weighted by Gasteiger charge is -2.16. The summed E-state index contributed by atoms with van der Waals surface area (Å²) in [4.78, 5) is 19.8. The van der Waals surface area contributed by atoms with Gasteiger partial charge >= 0.3 is 0 Å². The summed E-state index contributed by atoms with van der Waals surface area (Å²) in [5, 5.41) is 17.7. The molecule has 60 heavy (non-hydrogen) atoms. The van der Waals surface area contributed by atoms with Crippen LogP contribution in [-0.2, 0) is 0 Å². The molecule has 0 aliphatic rings. The molecule has 5 nitrogen and oxygen atoms in total. The molecule has 0 spiro atoms. The van der Waals surface area contributed by atoms with Crippen LogP contribution >= 0.6 is 0 Å². The minimum absolute atomic E-state index is 0.628. The van der Waals surface area contributed by atoms with Crippen molar-refractivity contribution in [3.63, 3.8) is 0 Å². The Kier molecular flexibility index (Phi) is 8.46. The van der Waals surface area contributed by atoms with Crippen molar-refractivity contribution in [2.75, 3.05) is 0 Å². The molecule has 11 aromatic rings. The van der Waals surface area contributed by atoms with E-state index in [0.717, 1.165) is 87.9 Å². The van der Waals surface area contributed by atoms with Gasteiger partial charge in [-0.05, 0) is 109 Å². The summed E-state index contributed by atoms with van der Waals surface area (Å²) < 4.78 is 0. The molecule has 0 radical (unpaired) electrons. The van der Waals surface area contributed by atoms with Crippen molar-refractivity contribution < 1.29 is 0 Å². The van der Waals surface area contributed by atoms with Gasteiger partial charge in [0.15, 0.2) is 17.5 Å². The normalized spacial score (nSPS) is 11.3. The predicted molar refractivity (Wildman–Crippen MR) is 245 cm³/mol. The molecule has 0 fully saturated rings. The number of rotatable bonds is 6. The van der Waals surface area contributed by atoms with Crippen LogP contribution in [0.3, 0.4) is 0 Å². The van der Waals surface area contributed by atoms with Gasteiger partial charge in [-0.1, -0.05) is 146 Å². The molecule has 0 atom stereocenters. The van der Waals surface area contributed by atoms with Crippen LogP contribution in [0.25, 0.3) is 111 Å². The number of hydrogen-bond acceptors (Lipinski definition) is 5. The summed E-state index contributed by atoms with van der Waals surface area (Å²) in [7, 11) is 0. The monoisotopic (exact) mass is 763 g/mol. The van der Waals surface area contributed by atoms with E-state index in [2.05, 4.69) is 115 Å². The van der Waals surface area contributed by atoms with Gasteiger partial charge in [-0.25, -0.2) is 15.0 Å². The Morgan fingerprint density at radius 1 is 0.333 bits per heavy atom. The van der Waals surface area contributed by atoms with Crippen LogP contribution in [0.5, 0.6) is 0 Å². The Hall–Kier alpha value is -8.33. The van der Waals surface area contributed by atoms with E-state index < -0.39 is 0 Å². The first-order valence-electron chi connectivity index (χ1n) is 19.9. The summed E-state index contributed by atoms with van der Waals surface area (Å²) >= 11 is 0. The highest BCUT2D eigenvalue weighted by Crippen LogP contribution is 2.42. The number of benzene rings is 9. The fourth-order valence-electron chi connectivity index (χ4n) is 8.41. The number of pyridine rings is 1. The number of fused-ring (bicyclic) bond motifs is 6. The molecule has 0 aliphatic carbocycles. The second kappa shape index (κ2) is 14.6. The second-order valence-corrected chi connectivity index (χ2v) is 15.0. The fourth-order valence-corrected chi connectivity index (χ4v) is 8.41. The Morgan fingerprint density at radius 2 is 0.850 bits per heavy atom. The maximum Gasteiger partial charge on any atom is 0.164 e. The minimum Gasteiger partial charge on any atom is -0.256 e. The fraction of sp³-hybridized carbons (Fsp3) is 0. The number of aromatic nitrogens is 4. The van der Waals surface area contributed by atoms with Crippen molar-refractivity contribution in [3.05, 3.63) is 206 Å². The van der Waals surface area contributed by atoms with Crippen LogP contribution in [0.4, 0.5) is 0 Å². The smallest absolute Gasteiger partial charge is 0.164 e. The Bertz CT molecular complexity index is 3440. The highest BCUT2D eigenvalue weighted by molar-refractivity contribution is 6.23. The second-order valence-electron chi connectivity index (χ2n) is 15.0. The van der Waals surface area contributed by atoms with Gasteiger partial charge in [0.2, 0.25) is 0 Å². The van der Waals surface area contributed by atoms with Crippen molar-refractivity contribution in [2.45, 2.75) is 0 Å². The summed E-state index contributed by atoms with van der Waals surface area (Å²) in [6, 6.07) is 69.4. The molecule has 278 valence electrons. The molecule has 0 aliphatic heterocycles. The van der Waals surface area contributed by atoms with Crippen LogP contribution in [0.1, 0.15) is 5.56 Å². The van der Waals surface area contributed by atoms with Gasteiger partial charge in [0.05, 0.1) is 17.1 Å². The number of nitriles is 1. The van der Waals surface area contributed by atoms with Gasteiger partial charge in [-0.15, -0.1) is 0 Å². The molecule has 9 aromatic carbocycles. The van der Waals surface area contributed by atoms with Gasteiger partial charge in [0, 0.05) is 33.8 Å². The standard InChI is InChI=1S/C55H33N5/c56-34-35-12-9-18-42(28-35)48-32-51-47-22-11-27-57-52(47)49(33-50(51)46-21-8-7-20-45(46)48)43-26-25-40-29-39(23-24-41(40)30-43)38-17-10-19-44(31-38)55-59-53(36-13-3-1-4-14-36)58-54(60-55)37-15-5-2-6-16-37/h1-33H. The van der Waals surface area contributed by atoms with Gasteiger partial charge in [0.25, 0.3) is 0 Å². The third kappa shape index (κ3) is 6.21. The molecule has 0 saturated carbocycles. The average Bonchev–Trinajstić information content (AvgIpc) is 3.33. The lowest BCUT2D eigenvalue weighted by Crippen LogP contribution is -2.00. The zero-order chi connectivity index (χ0) is 40.0. The van der Waals surface area contributed by atoms with E-state index in [1.165, 1.54) is 5.39 Å². The minimum atomic E-state index is 0.628. The first kappa shape index (κ1) is 34.9. The first-order valence-corrected chi connectivity index (χ1v) is 19.9. The Balaban J connectivity index is 0.995. The quantitative estimate of drug-likeness (QED) is 0.158. The SMILES string of the molecule is N#Cc1cccc(-c2cc3c4cccnc4c(-c4ccc5cc(-c6cccc(-c7nc(-c8ccccc8)nc(-c8ccccc8)n7)c6)ccc5c4)cc3c3ccccc23)c1. The highest BCUT2D eigenvalue weighted by Gasteiger charge is 2.17. The molecule has 0 bridgehead atoms. The van der Waals surface area contributed by atoms with Crippen molar-refractivity contribution in [1.82, 2.24) is 19.9 Å². The number of hydrogen-bond donors (Lipinski definition) is 0.